The third-order valence-corrected chi connectivity index (χ3v) is 4.77. The first-order valence-corrected chi connectivity index (χ1v) is 8.85. The third-order valence-electron chi connectivity index (χ3n) is 4.77. The van der Waals surface area contributed by atoms with Gasteiger partial charge in [-0.1, -0.05) is 0 Å². The number of fused-ring (bicyclic) bond motifs is 1. The van der Waals surface area contributed by atoms with Crippen molar-refractivity contribution in [2.24, 2.45) is 0 Å². The van der Waals surface area contributed by atoms with E-state index in [1.54, 1.807) is 18.2 Å². The van der Waals surface area contributed by atoms with Gasteiger partial charge in [-0.2, -0.15) is 0 Å². The fraction of sp³-hybridized carbons (Fsp3) is 0.381. The third kappa shape index (κ3) is 3.46. The highest BCUT2D eigenvalue weighted by Gasteiger charge is 2.35. The Morgan fingerprint density at radius 2 is 1.24 bits per heavy atom. The van der Waals surface area contributed by atoms with Crippen molar-refractivity contribution in [3.63, 3.8) is 0 Å². The number of hydrogen-bond donors (Lipinski definition) is 0. The van der Waals surface area contributed by atoms with Crippen molar-refractivity contribution < 1.29 is 38.0 Å². The minimum atomic E-state index is -0.550. The minimum absolute atomic E-state index is 0.109. The lowest BCUT2D eigenvalue weighted by Crippen LogP contribution is -2.21. The summed E-state index contributed by atoms with van der Waals surface area (Å²) < 4.78 is 38.5. The molecule has 2 aromatic rings. The van der Waals surface area contributed by atoms with Gasteiger partial charge in [-0.15, -0.1) is 0 Å². The normalized spacial score (nSPS) is 15.1. The zero-order valence-corrected chi connectivity index (χ0v) is 17.3. The highest BCUT2D eigenvalue weighted by molar-refractivity contribution is 6.04. The lowest BCUT2D eigenvalue weighted by Gasteiger charge is -2.28. The maximum atomic E-state index is 13.0. The molecule has 1 aliphatic rings. The Kier molecular flexibility index (Phi) is 5.91. The summed E-state index contributed by atoms with van der Waals surface area (Å²) in [5.74, 6) is 2.68. The van der Waals surface area contributed by atoms with Gasteiger partial charge in [0.2, 0.25) is 11.5 Å². The molecule has 0 unspecified atom stereocenters. The first-order chi connectivity index (χ1) is 14.0. The smallest absolute Gasteiger partial charge is 0.204 e. The van der Waals surface area contributed by atoms with Gasteiger partial charge in [-0.05, 0) is 12.1 Å². The number of carbonyl (C=O) groups excluding carboxylic acids is 1. The van der Waals surface area contributed by atoms with E-state index in [2.05, 4.69) is 0 Å². The van der Waals surface area contributed by atoms with Crippen molar-refractivity contribution in [1.82, 2.24) is 0 Å². The van der Waals surface area contributed by atoms with Crippen molar-refractivity contribution in [3.8, 4) is 40.2 Å². The molecule has 8 nitrogen and oxygen atoms in total. The Morgan fingerprint density at radius 3 is 1.72 bits per heavy atom. The zero-order valence-electron chi connectivity index (χ0n) is 17.3. The van der Waals surface area contributed by atoms with E-state index in [1.807, 2.05) is 0 Å². The van der Waals surface area contributed by atoms with Crippen LogP contribution >= 0.6 is 0 Å². The van der Waals surface area contributed by atoms with E-state index in [4.69, 9.17) is 33.2 Å². The average molecular weight is 404 g/mol. The van der Waals surface area contributed by atoms with Gasteiger partial charge in [-0.25, -0.2) is 0 Å². The predicted octanol–water partition coefficient (Wildman–Crippen LogP) is 3.44. The van der Waals surface area contributed by atoms with Gasteiger partial charge in [0, 0.05) is 11.6 Å². The van der Waals surface area contributed by atoms with E-state index in [-0.39, 0.29) is 18.0 Å². The molecule has 0 saturated heterocycles. The second-order valence-electron chi connectivity index (χ2n) is 6.21. The van der Waals surface area contributed by atoms with Gasteiger partial charge in [0.1, 0.15) is 17.4 Å². The molecule has 29 heavy (non-hydrogen) atoms. The molecule has 0 N–H and O–H groups in total. The van der Waals surface area contributed by atoms with Crippen molar-refractivity contribution >= 4 is 5.78 Å². The molecule has 0 radical (unpaired) electrons. The summed E-state index contributed by atoms with van der Waals surface area (Å²) in [4.78, 5) is 13.0. The number of methoxy groups -OCH3 is 6. The second-order valence-corrected chi connectivity index (χ2v) is 6.21. The number of carbonyl (C=O) groups is 1. The van der Waals surface area contributed by atoms with Crippen molar-refractivity contribution in [3.05, 3.63) is 29.3 Å². The number of ketones is 1. The Hall–Kier alpha value is -3.29. The number of benzene rings is 2. The van der Waals surface area contributed by atoms with E-state index < -0.39 is 6.10 Å². The van der Waals surface area contributed by atoms with Gasteiger partial charge in [-0.3, -0.25) is 4.79 Å². The Labute approximate surface area is 169 Å². The Balaban J connectivity index is 2.10. The fourth-order valence-electron chi connectivity index (χ4n) is 3.43. The van der Waals surface area contributed by atoms with Gasteiger partial charge in [0.25, 0.3) is 0 Å². The lowest BCUT2D eigenvalue weighted by atomic mass is 9.94. The molecule has 0 fully saturated rings. The van der Waals surface area contributed by atoms with Crippen LogP contribution in [0.15, 0.2) is 18.2 Å². The average Bonchev–Trinajstić information content (AvgIpc) is 2.76. The minimum Gasteiger partial charge on any atom is -0.493 e. The number of rotatable bonds is 7. The van der Waals surface area contributed by atoms with Crippen LogP contribution in [0.5, 0.6) is 40.2 Å². The summed E-state index contributed by atoms with van der Waals surface area (Å²) in [6.07, 6.45) is -0.441. The first kappa shape index (κ1) is 20.4. The van der Waals surface area contributed by atoms with E-state index >= 15 is 0 Å². The predicted molar refractivity (Wildman–Crippen MR) is 105 cm³/mol. The molecule has 1 heterocycles. The van der Waals surface area contributed by atoms with Crippen LogP contribution in [-0.2, 0) is 0 Å². The quantitative estimate of drug-likeness (QED) is 0.694. The summed E-state index contributed by atoms with van der Waals surface area (Å²) in [5.41, 5.74) is 1.04. The van der Waals surface area contributed by atoms with Crippen LogP contribution in [0, 0.1) is 0 Å². The summed E-state index contributed by atoms with van der Waals surface area (Å²) in [6.45, 7) is 0. The maximum absolute atomic E-state index is 13.0. The van der Waals surface area contributed by atoms with Crippen LogP contribution in [0.1, 0.15) is 28.4 Å². The summed E-state index contributed by atoms with van der Waals surface area (Å²) in [7, 11) is 9.06. The van der Waals surface area contributed by atoms with Crippen LogP contribution in [-0.4, -0.2) is 48.4 Å². The summed E-state index contributed by atoms with van der Waals surface area (Å²) >= 11 is 0. The summed E-state index contributed by atoms with van der Waals surface area (Å²) in [6, 6.07) is 5.16. The highest BCUT2D eigenvalue weighted by atomic mass is 16.5. The molecule has 0 amide bonds. The topological polar surface area (TPSA) is 81.7 Å². The molecule has 1 atom stereocenters. The molecular formula is C21H24O8. The van der Waals surface area contributed by atoms with Gasteiger partial charge in [0.05, 0.1) is 49.1 Å². The molecule has 0 aromatic heterocycles. The molecule has 3 rings (SSSR count). The molecular weight excluding hydrogens is 380 g/mol. The van der Waals surface area contributed by atoms with Crippen molar-refractivity contribution in [1.29, 1.82) is 0 Å². The van der Waals surface area contributed by atoms with E-state index in [1.165, 1.54) is 42.7 Å². The van der Waals surface area contributed by atoms with Gasteiger partial charge >= 0.3 is 0 Å². The van der Waals surface area contributed by atoms with E-state index in [0.29, 0.717) is 45.6 Å². The Morgan fingerprint density at radius 1 is 0.724 bits per heavy atom. The van der Waals surface area contributed by atoms with Crippen molar-refractivity contribution in [2.45, 2.75) is 12.5 Å². The molecule has 2 aromatic carbocycles. The molecule has 8 heteroatoms. The van der Waals surface area contributed by atoms with Crippen LogP contribution in [0.2, 0.25) is 0 Å². The number of hydrogen-bond acceptors (Lipinski definition) is 8. The largest absolute Gasteiger partial charge is 0.493 e. The maximum Gasteiger partial charge on any atom is 0.204 e. The number of Topliss-reactive ketones (excluding diaryl/α,β-unsaturated/α-hetero) is 1. The molecule has 0 saturated carbocycles. The van der Waals surface area contributed by atoms with Gasteiger partial charge in [0.15, 0.2) is 28.8 Å². The fourth-order valence-corrected chi connectivity index (χ4v) is 3.43. The molecule has 156 valence electrons. The lowest BCUT2D eigenvalue weighted by molar-refractivity contribution is 0.0841. The molecule has 0 bridgehead atoms. The number of ether oxygens (including phenoxy) is 7. The van der Waals surface area contributed by atoms with E-state index in [0.717, 1.165) is 0 Å². The molecule has 0 aliphatic carbocycles. The van der Waals surface area contributed by atoms with Gasteiger partial charge < -0.3 is 33.2 Å². The first-order valence-electron chi connectivity index (χ1n) is 8.85. The molecule has 0 spiro atoms. The highest BCUT2D eigenvalue weighted by Crippen LogP contribution is 2.50. The van der Waals surface area contributed by atoms with E-state index in [9.17, 15) is 4.79 Å². The summed E-state index contributed by atoms with van der Waals surface area (Å²) in [5, 5.41) is 0. The molecule has 1 aliphatic heterocycles. The van der Waals surface area contributed by atoms with Crippen molar-refractivity contribution in [2.75, 3.05) is 42.7 Å². The Bertz CT molecular complexity index is 896. The second kappa shape index (κ2) is 8.38. The van der Waals surface area contributed by atoms with Crippen LogP contribution in [0.4, 0.5) is 0 Å². The standard InChI is InChI=1S/C21H24O8/c1-23-15-7-11(8-16(24-2)19(15)26-4)13-9-12(22)18-14(29-13)10-17(25-3)20(27-5)21(18)28-6/h7-8,10,13H,9H2,1-6H3/t13-/m1/s1. The van der Waals surface area contributed by atoms with Crippen LogP contribution in [0.3, 0.4) is 0 Å². The monoisotopic (exact) mass is 404 g/mol. The zero-order chi connectivity index (χ0) is 21.1. The SMILES string of the molecule is COc1cc([C@H]2CC(=O)c3c(cc(OC)c(OC)c3OC)O2)cc(OC)c1OC. The van der Waals surface area contributed by atoms with Crippen LogP contribution < -0.4 is 33.2 Å². The van der Waals surface area contributed by atoms with Crippen LogP contribution in [0.25, 0.3) is 0 Å².